The summed E-state index contributed by atoms with van der Waals surface area (Å²) in [6.45, 7) is 1.33. The Morgan fingerprint density at radius 1 is 0.975 bits per heavy atom. The van der Waals surface area contributed by atoms with Gasteiger partial charge >= 0.3 is 12.4 Å². The molecule has 14 heteroatoms. The van der Waals surface area contributed by atoms with Crippen molar-refractivity contribution in [3.8, 4) is 5.69 Å². The molecule has 214 valence electrons. The number of aromatic nitrogens is 3. The molecule has 2 aliphatic heterocycles. The molecule has 3 aromatic rings. The molecule has 2 fully saturated rings. The maximum absolute atomic E-state index is 14.6. The number of hydrogen-bond acceptors (Lipinski definition) is 4. The van der Waals surface area contributed by atoms with Gasteiger partial charge in [-0.2, -0.15) is 26.3 Å². The molecule has 3 heterocycles. The van der Waals surface area contributed by atoms with Crippen molar-refractivity contribution in [1.29, 1.82) is 0 Å². The molecule has 40 heavy (non-hydrogen) atoms. The number of anilines is 1. The number of rotatable bonds is 3. The van der Waals surface area contributed by atoms with Gasteiger partial charge in [0, 0.05) is 36.0 Å². The topological polar surface area (TPSA) is 37.2 Å². The summed E-state index contributed by atoms with van der Waals surface area (Å²) in [5.41, 5.74) is -1.36. The fourth-order valence-corrected chi connectivity index (χ4v) is 6.39. The van der Waals surface area contributed by atoms with Crippen LogP contribution in [0.15, 0.2) is 30.3 Å². The van der Waals surface area contributed by atoms with Gasteiger partial charge in [0.15, 0.2) is 11.6 Å². The average Bonchev–Trinajstić information content (AvgIpc) is 3.12. The Morgan fingerprint density at radius 3 is 2.33 bits per heavy atom. The Labute approximate surface area is 228 Å². The largest absolute Gasteiger partial charge is 0.419 e. The van der Waals surface area contributed by atoms with Crippen molar-refractivity contribution >= 4 is 17.3 Å². The summed E-state index contributed by atoms with van der Waals surface area (Å²) in [5.74, 6) is -1.94. The third kappa shape index (κ3) is 4.41. The Hall–Kier alpha value is -2.93. The minimum absolute atomic E-state index is 0.00292. The first-order valence-corrected chi connectivity index (χ1v) is 12.9. The van der Waals surface area contributed by atoms with Crippen LogP contribution in [0.1, 0.15) is 48.5 Å². The molecule has 1 atom stereocenters. The molecule has 0 amide bonds. The summed E-state index contributed by atoms with van der Waals surface area (Å²) >= 11 is 6.17. The van der Waals surface area contributed by atoms with Crippen molar-refractivity contribution in [2.24, 2.45) is 5.41 Å². The minimum atomic E-state index is -4.95. The molecule has 1 aromatic heterocycles. The van der Waals surface area contributed by atoms with Crippen molar-refractivity contribution in [3.05, 3.63) is 69.8 Å². The smallest absolute Gasteiger partial charge is 0.366 e. The molecular formula is C26H22ClF8N5. The van der Waals surface area contributed by atoms with E-state index >= 15 is 0 Å². The average molecular weight is 592 g/mol. The van der Waals surface area contributed by atoms with E-state index in [9.17, 15) is 35.1 Å². The second-order valence-electron chi connectivity index (χ2n) is 10.9. The van der Waals surface area contributed by atoms with Crippen LogP contribution < -0.4 is 4.90 Å². The Morgan fingerprint density at radius 2 is 1.68 bits per heavy atom. The number of halogens is 9. The van der Waals surface area contributed by atoms with Crippen LogP contribution in [-0.4, -0.2) is 45.0 Å². The van der Waals surface area contributed by atoms with Gasteiger partial charge in [-0.3, -0.25) is 9.47 Å². The second-order valence-corrected chi connectivity index (χ2v) is 11.4. The summed E-state index contributed by atoms with van der Waals surface area (Å²) in [7, 11) is 0. The molecule has 1 saturated carbocycles. The molecule has 6 rings (SSSR count). The number of nitrogens with zero attached hydrogens (tertiary/aromatic N) is 5. The van der Waals surface area contributed by atoms with E-state index < -0.39 is 41.3 Å². The van der Waals surface area contributed by atoms with E-state index in [0.717, 1.165) is 6.92 Å². The monoisotopic (exact) mass is 591 g/mol. The zero-order chi connectivity index (χ0) is 28.8. The van der Waals surface area contributed by atoms with Crippen LogP contribution in [0.25, 0.3) is 5.69 Å². The van der Waals surface area contributed by atoms with Crippen LogP contribution in [0, 0.1) is 17.0 Å². The van der Waals surface area contributed by atoms with Crippen LogP contribution in [-0.2, 0) is 19.3 Å². The fraction of sp³-hybridized carbons (Fsp3) is 0.462. The Kier molecular flexibility index (Phi) is 6.16. The molecule has 0 radical (unpaired) electrons. The predicted molar refractivity (Wildman–Crippen MR) is 129 cm³/mol. The molecule has 0 N–H and O–H groups in total. The summed E-state index contributed by atoms with van der Waals surface area (Å²) < 4.78 is 111. The standard InChI is InChI=1S/C26H22ClF8N5/c1-13(25(30,31)32)38-9-14-6-16(27)2-5-19(14)40-20(10-38)36-37-23(40)15-7-24(8-15)11-39(12-24)22-18(28)4-3-17(21(22)29)26(33,34)35/h2-6,13,15H,7-12H2,1H3. The lowest BCUT2D eigenvalue weighted by atomic mass is 9.57. The molecule has 1 spiro atoms. The fourth-order valence-electron chi connectivity index (χ4n) is 6.19. The van der Waals surface area contributed by atoms with Crippen LogP contribution in [0.4, 0.5) is 40.8 Å². The third-order valence-corrected chi connectivity index (χ3v) is 8.48. The van der Waals surface area contributed by atoms with Gasteiger partial charge in [0.05, 0.1) is 17.8 Å². The highest BCUT2D eigenvalue weighted by Gasteiger charge is 2.55. The van der Waals surface area contributed by atoms with Crippen molar-refractivity contribution in [2.45, 2.75) is 57.2 Å². The van der Waals surface area contributed by atoms with Crippen LogP contribution in [0.5, 0.6) is 0 Å². The molecular weight excluding hydrogens is 570 g/mol. The number of fused-ring (bicyclic) bond motifs is 3. The first-order valence-electron chi connectivity index (χ1n) is 12.5. The van der Waals surface area contributed by atoms with Gasteiger partial charge in [-0.15, -0.1) is 10.2 Å². The first kappa shape index (κ1) is 27.3. The number of benzene rings is 2. The zero-order valence-corrected chi connectivity index (χ0v) is 21.7. The lowest BCUT2D eigenvalue weighted by molar-refractivity contribution is -0.182. The van der Waals surface area contributed by atoms with Crippen LogP contribution in [0.2, 0.25) is 5.02 Å². The van der Waals surface area contributed by atoms with E-state index in [1.807, 2.05) is 0 Å². The van der Waals surface area contributed by atoms with E-state index in [2.05, 4.69) is 10.2 Å². The lowest BCUT2D eigenvalue weighted by Gasteiger charge is -2.59. The molecule has 2 aromatic carbocycles. The summed E-state index contributed by atoms with van der Waals surface area (Å²) in [6, 6.07) is 4.25. The Bertz CT molecular complexity index is 1470. The lowest BCUT2D eigenvalue weighted by Crippen LogP contribution is -2.62. The van der Waals surface area contributed by atoms with Gasteiger partial charge in [-0.05, 0) is 55.7 Å². The van der Waals surface area contributed by atoms with E-state index in [4.69, 9.17) is 11.6 Å². The number of alkyl halides is 6. The van der Waals surface area contributed by atoms with E-state index in [-0.39, 0.29) is 37.5 Å². The molecule has 1 saturated heterocycles. The molecule has 3 aliphatic rings. The third-order valence-electron chi connectivity index (χ3n) is 8.24. The molecule has 1 aliphatic carbocycles. The summed E-state index contributed by atoms with van der Waals surface area (Å²) in [4.78, 5) is 2.53. The SMILES string of the molecule is CC(N1Cc2cc(Cl)ccc2-n2c(nnc2C2CC3(C2)CN(c2c(F)ccc(C(F)(F)F)c2F)C3)C1)C(F)(F)F. The van der Waals surface area contributed by atoms with E-state index in [1.165, 1.54) is 9.80 Å². The highest BCUT2D eigenvalue weighted by Crippen LogP contribution is 2.57. The normalized spacial score (nSPS) is 20.0. The van der Waals surface area contributed by atoms with Gasteiger partial charge in [0.1, 0.15) is 23.4 Å². The van der Waals surface area contributed by atoms with Crippen LogP contribution >= 0.6 is 11.6 Å². The van der Waals surface area contributed by atoms with Crippen molar-refractivity contribution in [1.82, 2.24) is 19.7 Å². The molecule has 0 bridgehead atoms. The molecule has 5 nitrogen and oxygen atoms in total. The van der Waals surface area contributed by atoms with Gasteiger partial charge < -0.3 is 4.90 Å². The van der Waals surface area contributed by atoms with Crippen LogP contribution in [0.3, 0.4) is 0 Å². The van der Waals surface area contributed by atoms with Gasteiger partial charge in [0.25, 0.3) is 0 Å². The molecule has 1 unspecified atom stereocenters. The quantitative estimate of drug-likeness (QED) is 0.312. The first-order chi connectivity index (χ1) is 18.7. The van der Waals surface area contributed by atoms with Crippen molar-refractivity contribution in [3.63, 3.8) is 0 Å². The van der Waals surface area contributed by atoms with Gasteiger partial charge in [0.2, 0.25) is 0 Å². The zero-order valence-electron chi connectivity index (χ0n) is 20.9. The summed E-state index contributed by atoms with van der Waals surface area (Å²) in [5, 5.41) is 8.92. The summed E-state index contributed by atoms with van der Waals surface area (Å²) in [6.07, 6.45) is -8.33. The van der Waals surface area contributed by atoms with Crippen molar-refractivity contribution in [2.75, 3.05) is 18.0 Å². The van der Waals surface area contributed by atoms with Gasteiger partial charge in [-0.1, -0.05) is 11.6 Å². The van der Waals surface area contributed by atoms with Crippen molar-refractivity contribution < 1.29 is 35.1 Å². The predicted octanol–water partition coefficient (Wildman–Crippen LogP) is 6.87. The highest BCUT2D eigenvalue weighted by molar-refractivity contribution is 6.30. The van der Waals surface area contributed by atoms with E-state index in [0.29, 0.717) is 52.9 Å². The highest BCUT2D eigenvalue weighted by atomic mass is 35.5. The maximum atomic E-state index is 14.6. The minimum Gasteiger partial charge on any atom is -0.366 e. The maximum Gasteiger partial charge on any atom is 0.419 e. The Balaban J connectivity index is 1.24. The van der Waals surface area contributed by atoms with Gasteiger partial charge in [-0.25, -0.2) is 8.78 Å². The number of hydrogen-bond donors (Lipinski definition) is 0. The second kappa shape index (κ2) is 9.04. The van der Waals surface area contributed by atoms with E-state index in [1.54, 1.807) is 22.8 Å².